The van der Waals surface area contributed by atoms with E-state index in [1.54, 1.807) is 0 Å². The van der Waals surface area contributed by atoms with Gasteiger partial charge >= 0.3 is 0 Å². The maximum absolute atomic E-state index is 12.7. The van der Waals surface area contributed by atoms with E-state index in [2.05, 4.69) is 5.32 Å². The normalized spacial score (nSPS) is 15.4. The van der Waals surface area contributed by atoms with Crippen molar-refractivity contribution in [3.8, 4) is 5.75 Å². The number of carbonyl (C=O) groups excluding carboxylic acids is 1. The van der Waals surface area contributed by atoms with Gasteiger partial charge in [-0.15, -0.1) is 0 Å². The molecule has 0 aliphatic carbocycles. The Morgan fingerprint density at radius 3 is 2.58 bits per heavy atom. The van der Waals surface area contributed by atoms with Gasteiger partial charge in [0, 0.05) is 6.54 Å². The van der Waals surface area contributed by atoms with Crippen molar-refractivity contribution in [3.63, 3.8) is 0 Å². The zero-order valence-electron chi connectivity index (χ0n) is 10.9. The number of ether oxygens (including phenoxy) is 1. The second kappa shape index (κ2) is 6.49. The van der Waals surface area contributed by atoms with Crippen LogP contribution in [0.1, 0.15) is 13.8 Å². The fraction of sp³-hybridized carbons (Fsp3) is 0.462. The SMILES string of the molecule is CC(Oc1ccc(F)cc1)C(=O)NCC(C)(O)CO. The van der Waals surface area contributed by atoms with Crippen LogP contribution < -0.4 is 10.1 Å². The van der Waals surface area contributed by atoms with E-state index in [1.807, 2.05) is 0 Å². The minimum Gasteiger partial charge on any atom is -0.481 e. The van der Waals surface area contributed by atoms with Gasteiger partial charge in [-0.3, -0.25) is 4.79 Å². The second-order valence-corrected chi connectivity index (χ2v) is 4.59. The minimum absolute atomic E-state index is 0.0839. The van der Waals surface area contributed by atoms with Crippen LogP contribution >= 0.6 is 0 Å². The molecule has 6 heteroatoms. The van der Waals surface area contributed by atoms with Gasteiger partial charge in [0.25, 0.3) is 5.91 Å². The lowest BCUT2D eigenvalue weighted by Gasteiger charge is -2.22. The average Bonchev–Trinajstić information content (AvgIpc) is 2.38. The monoisotopic (exact) mass is 271 g/mol. The summed E-state index contributed by atoms with van der Waals surface area (Å²) in [6.07, 6.45) is -0.792. The lowest BCUT2D eigenvalue weighted by molar-refractivity contribution is -0.128. The number of hydrogen-bond donors (Lipinski definition) is 3. The van der Waals surface area contributed by atoms with Crippen molar-refractivity contribution >= 4 is 5.91 Å². The summed E-state index contributed by atoms with van der Waals surface area (Å²) in [6, 6.07) is 5.30. The number of nitrogens with one attached hydrogen (secondary N) is 1. The van der Waals surface area contributed by atoms with E-state index < -0.39 is 24.2 Å². The Kier molecular flexibility index (Phi) is 5.26. The first-order valence-electron chi connectivity index (χ1n) is 5.87. The first kappa shape index (κ1) is 15.4. The Bertz CT molecular complexity index is 419. The molecule has 0 fully saturated rings. The Labute approximate surface area is 111 Å². The highest BCUT2D eigenvalue weighted by Crippen LogP contribution is 2.13. The molecule has 0 saturated carbocycles. The molecule has 0 spiro atoms. The zero-order chi connectivity index (χ0) is 14.5. The summed E-state index contributed by atoms with van der Waals surface area (Å²) in [7, 11) is 0. The van der Waals surface area contributed by atoms with Gasteiger partial charge in [0.15, 0.2) is 6.10 Å². The molecule has 0 aromatic heterocycles. The Morgan fingerprint density at radius 1 is 1.47 bits per heavy atom. The smallest absolute Gasteiger partial charge is 0.260 e. The highest BCUT2D eigenvalue weighted by atomic mass is 19.1. The number of hydrogen-bond acceptors (Lipinski definition) is 4. The van der Waals surface area contributed by atoms with Crippen molar-refractivity contribution in [1.29, 1.82) is 0 Å². The Balaban J connectivity index is 2.47. The molecule has 0 bridgehead atoms. The van der Waals surface area contributed by atoms with E-state index in [0.717, 1.165) is 0 Å². The van der Waals surface area contributed by atoms with Crippen LogP contribution in [0.15, 0.2) is 24.3 Å². The van der Waals surface area contributed by atoms with Gasteiger partial charge in [-0.05, 0) is 38.1 Å². The quantitative estimate of drug-likeness (QED) is 0.702. The predicted molar refractivity (Wildman–Crippen MR) is 67.2 cm³/mol. The van der Waals surface area contributed by atoms with Crippen molar-refractivity contribution in [2.24, 2.45) is 0 Å². The van der Waals surface area contributed by atoms with E-state index in [1.165, 1.54) is 38.1 Å². The third kappa shape index (κ3) is 5.23. The zero-order valence-corrected chi connectivity index (χ0v) is 10.9. The minimum atomic E-state index is -1.37. The molecule has 3 N–H and O–H groups in total. The van der Waals surface area contributed by atoms with E-state index in [-0.39, 0.29) is 12.4 Å². The maximum Gasteiger partial charge on any atom is 0.260 e. The molecule has 5 nitrogen and oxygen atoms in total. The molecule has 2 atom stereocenters. The van der Waals surface area contributed by atoms with Crippen molar-refractivity contribution in [2.45, 2.75) is 25.6 Å². The van der Waals surface area contributed by atoms with Crippen LogP contribution in [0.25, 0.3) is 0 Å². The highest BCUT2D eigenvalue weighted by Gasteiger charge is 2.22. The molecule has 1 rings (SSSR count). The van der Waals surface area contributed by atoms with Crippen LogP contribution in [0.5, 0.6) is 5.75 Å². The van der Waals surface area contributed by atoms with Gasteiger partial charge < -0.3 is 20.3 Å². The van der Waals surface area contributed by atoms with Gasteiger partial charge in [0.05, 0.1) is 6.61 Å². The summed E-state index contributed by atoms with van der Waals surface area (Å²) >= 11 is 0. The number of amides is 1. The average molecular weight is 271 g/mol. The van der Waals surface area contributed by atoms with Crippen LogP contribution in [0.4, 0.5) is 4.39 Å². The molecule has 1 amide bonds. The van der Waals surface area contributed by atoms with Crippen molar-refractivity contribution < 1.29 is 24.1 Å². The predicted octanol–water partition coefficient (Wildman–Crippen LogP) is 0.452. The number of aliphatic hydroxyl groups is 2. The lowest BCUT2D eigenvalue weighted by atomic mass is 10.1. The number of aliphatic hydroxyl groups excluding tert-OH is 1. The molecule has 106 valence electrons. The van der Waals surface area contributed by atoms with E-state index in [4.69, 9.17) is 9.84 Å². The Hall–Kier alpha value is -1.66. The van der Waals surface area contributed by atoms with E-state index in [0.29, 0.717) is 5.75 Å². The molecular weight excluding hydrogens is 253 g/mol. The third-order valence-corrected chi connectivity index (χ3v) is 2.48. The van der Waals surface area contributed by atoms with Crippen LogP contribution in [-0.4, -0.2) is 41.0 Å². The summed E-state index contributed by atoms with van der Waals surface area (Å²) in [5, 5.41) is 20.8. The summed E-state index contributed by atoms with van der Waals surface area (Å²) in [6.45, 7) is 2.39. The van der Waals surface area contributed by atoms with Crippen molar-refractivity contribution in [2.75, 3.05) is 13.2 Å². The van der Waals surface area contributed by atoms with Crippen molar-refractivity contribution in [3.05, 3.63) is 30.1 Å². The van der Waals surface area contributed by atoms with Gasteiger partial charge in [0.1, 0.15) is 17.2 Å². The molecule has 0 aliphatic rings. The fourth-order valence-electron chi connectivity index (χ4n) is 1.25. The van der Waals surface area contributed by atoms with Crippen LogP contribution in [0, 0.1) is 5.82 Å². The molecule has 0 saturated heterocycles. The molecule has 1 aromatic carbocycles. The molecule has 0 heterocycles. The molecule has 2 unspecified atom stereocenters. The summed E-state index contributed by atoms with van der Waals surface area (Å²) in [5.74, 6) is -0.445. The number of rotatable bonds is 6. The molecular formula is C13H18FNO4. The maximum atomic E-state index is 12.7. The van der Waals surface area contributed by atoms with Gasteiger partial charge in [-0.1, -0.05) is 0 Å². The third-order valence-electron chi connectivity index (χ3n) is 2.48. The van der Waals surface area contributed by atoms with Crippen LogP contribution in [-0.2, 0) is 4.79 Å². The number of carbonyl (C=O) groups is 1. The summed E-state index contributed by atoms with van der Waals surface area (Å²) in [4.78, 5) is 11.7. The summed E-state index contributed by atoms with van der Waals surface area (Å²) in [5.41, 5.74) is -1.37. The van der Waals surface area contributed by atoms with Crippen molar-refractivity contribution in [1.82, 2.24) is 5.32 Å². The fourth-order valence-corrected chi connectivity index (χ4v) is 1.25. The largest absolute Gasteiger partial charge is 0.481 e. The van der Waals surface area contributed by atoms with Gasteiger partial charge in [0.2, 0.25) is 0 Å². The van der Waals surface area contributed by atoms with Crippen LogP contribution in [0.3, 0.4) is 0 Å². The first-order chi connectivity index (χ1) is 8.84. The lowest BCUT2D eigenvalue weighted by Crippen LogP contribution is -2.46. The molecule has 0 aliphatic heterocycles. The van der Waals surface area contributed by atoms with Crippen LogP contribution in [0.2, 0.25) is 0 Å². The molecule has 0 radical (unpaired) electrons. The highest BCUT2D eigenvalue weighted by molar-refractivity contribution is 5.80. The standard InChI is InChI=1S/C13H18FNO4/c1-9(12(17)15-7-13(2,18)8-16)19-11-5-3-10(14)4-6-11/h3-6,9,16,18H,7-8H2,1-2H3,(H,15,17). The van der Waals surface area contributed by atoms with Gasteiger partial charge in [-0.2, -0.15) is 0 Å². The number of halogens is 1. The summed E-state index contributed by atoms with van der Waals surface area (Å²) < 4.78 is 18.0. The Morgan fingerprint density at radius 2 is 2.05 bits per heavy atom. The molecule has 19 heavy (non-hydrogen) atoms. The molecule has 1 aromatic rings. The topological polar surface area (TPSA) is 78.8 Å². The first-order valence-corrected chi connectivity index (χ1v) is 5.87. The van der Waals surface area contributed by atoms with Gasteiger partial charge in [-0.25, -0.2) is 4.39 Å². The van der Waals surface area contributed by atoms with E-state index >= 15 is 0 Å². The number of benzene rings is 1. The van der Waals surface area contributed by atoms with E-state index in [9.17, 15) is 14.3 Å². The second-order valence-electron chi connectivity index (χ2n) is 4.59.